The number of aliphatic hydroxyl groups excluding tert-OH is 1. The molecule has 5 heteroatoms. The third kappa shape index (κ3) is 5.04. The highest BCUT2D eigenvalue weighted by Crippen LogP contribution is 2.27. The summed E-state index contributed by atoms with van der Waals surface area (Å²) < 4.78 is 0. The van der Waals surface area contributed by atoms with Crippen LogP contribution in [0, 0.1) is 17.2 Å². The monoisotopic (exact) mass is 343 g/mol. The van der Waals surface area contributed by atoms with Gasteiger partial charge in [-0.25, -0.2) is 0 Å². The molecule has 3 atom stereocenters. The van der Waals surface area contributed by atoms with Gasteiger partial charge in [0.15, 0.2) is 0 Å². The van der Waals surface area contributed by atoms with E-state index in [0.29, 0.717) is 6.42 Å². The molecule has 1 aliphatic heterocycles. The molecule has 1 heterocycles. The first-order valence-electron chi connectivity index (χ1n) is 9.05. The van der Waals surface area contributed by atoms with Gasteiger partial charge in [0.1, 0.15) is 5.54 Å². The van der Waals surface area contributed by atoms with Gasteiger partial charge < -0.3 is 10.4 Å². The van der Waals surface area contributed by atoms with Crippen molar-refractivity contribution in [3.8, 4) is 6.07 Å². The number of carbonyl (C=O) groups excluding carboxylic acids is 1. The van der Waals surface area contributed by atoms with Crippen molar-refractivity contribution in [3.05, 3.63) is 35.9 Å². The highest BCUT2D eigenvalue weighted by Gasteiger charge is 2.33. The first-order valence-corrected chi connectivity index (χ1v) is 9.05. The van der Waals surface area contributed by atoms with E-state index in [1.165, 1.54) is 0 Å². The fourth-order valence-electron chi connectivity index (χ4n) is 3.25. The van der Waals surface area contributed by atoms with Crippen molar-refractivity contribution in [2.24, 2.45) is 5.92 Å². The molecule has 0 saturated carbocycles. The summed E-state index contributed by atoms with van der Waals surface area (Å²) in [5, 5.41) is 22.7. The van der Waals surface area contributed by atoms with Crippen LogP contribution in [-0.4, -0.2) is 40.6 Å². The molecule has 5 nitrogen and oxygen atoms in total. The van der Waals surface area contributed by atoms with Gasteiger partial charge in [0.05, 0.1) is 18.7 Å². The zero-order valence-corrected chi connectivity index (χ0v) is 15.4. The Morgan fingerprint density at radius 3 is 2.72 bits per heavy atom. The maximum Gasteiger partial charge on any atom is 0.235 e. The highest BCUT2D eigenvalue weighted by atomic mass is 16.3. The Labute approximate surface area is 150 Å². The minimum Gasteiger partial charge on any atom is -0.388 e. The number of nitriles is 1. The number of nitrogens with zero attached hydrogens (tertiary/aromatic N) is 2. The number of benzene rings is 1. The van der Waals surface area contributed by atoms with Gasteiger partial charge in [-0.3, -0.25) is 9.69 Å². The molecule has 3 unspecified atom stereocenters. The second-order valence-electron chi connectivity index (χ2n) is 7.45. The van der Waals surface area contributed by atoms with E-state index in [1.807, 2.05) is 44.2 Å². The van der Waals surface area contributed by atoms with E-state index in [1.54, 1.807) is 6.92 Å². The van der Waals surface area contributed by atoms with E-state index in [4.69, 9.17) is 0 Å². The summed E-state index contributed by atoms with van der Waals surface area (Å²) in [6, 6.07) is 12.0. The second kappa shape index (κ2) is 8.46. The molecule has 0 aromatic heterocycles. The predicted molar refractivity (Wildman–Crippen MR) is 97.6 cm³/mol. The molecule has 1 fully saturated rings. The Kier molecular flexibility index (Phi) is 6.57. The van der Waals surface area contributed by atoms with Crippen molar-refractivity contribution in [2.45, 2.75) is 57.7 Å². The molecule has 25 heavy (non-hydrogen) atoms. The molecule has 1 aliphatic rings. The van der Waals surface area contributed by atoms with Crippen LogP contribution in [0.5, 0.6) is 0 Å². The molecule has 1 aromatic rings. The molecule has 1 aromatic carbocycles. The molecule has 2 rings (SSSR count). The smallest absolute Gasteiger partial charge is 0.235 e. The number of nitrogens with one attached hydrogen (secondary N) is 1. The Morgan fingerprint density at radius 2 is 2.12 bits per heavy atom. The quantitative estimate of drug-likeness (QED) is 0.798. The normalized spacial score (nSPS) is 21.5. The molecule has 0 aliphatic carbocycles. The molecule has 0 radical (unpaired) electrons. The molecule has 0 bridgehead atoms. The lowest BCUT2D eigenvalue weighted by atomic mass is 9.90. The number of rotatable bonds is 7. The topological polar surface area (TPSA) is 76.4 Å². The van der Waals surface area contributed by atoms with E-state index in [2.05, 4.69) is 16.3 Å². The molecular weight excluding hydrogens is 314 g/mol. The lowest BCUT2D eigenvalue weighted by Gasteiger charge is -2.30. The van der Waals surface area contributed by atoms with Crippen molar-refractivity contribution in [1.82, 2.24) is 10.2 Å². The first-order chi connectivity index (χ1) is 11.9. The van der Waals surface area contributed by atoms with Gasteiger partial charge in [0, 0.05) is 6.04 Å². The van der Waals surface area contributed by atoms with E-state index in [-0.39, 0.29) is 24.4 Å². The van der Waals surface area contributed by atoms with Crippen LogP contribution in [0.1, 0.15) is 51.7 Å². The summed E-state index contributed by atoms with van der Waals surface area (Å²) in [7, 11) is 0. The fraction of sp³-hybridized carbons (Fsp3) is 0.600. The van der Waals surface area contributed by atoms with E-state index in [9.17, 15) is 15.2 Å². The summed E-state index contributed by atoms with van der Waals surface area (Å²) >= 11 is 0. The molecule has 0 spiro atoms. The maximum atomic E-state index is 12.4. The van der Waals surface area contributed by atoms with Gasteiger partial charge in [0.2, 0.25) is 5.91 Å². The van der Waals surface area contributed by atoms with Gasteiger partial charge in [-0.2, -0.15) is 5.26 Å². The highest BCUT2D eigenvalue weighted by molar-refractivity contribution is 5.79. The van der Waals surface area contributed by atoms with Gasteiger partial charge in [-0.05, 0) is 44.2 Å². The van der Waals surface area contributed by atoms with Crippen LogP contribution in [0.4, 0.5) is 0 Å². The molecular formula is C20H29N3O2. The van der Waals surface area contributed by atoms with E-state index < -0.39 is 11.6 Å². The summed E-state index contributed by atoms with van der Waals surface area (Å²) in [6.45, 7) is 6.74. The molecule has 1 amide bonds. The third-order valence-corrected chi connectivity index (χ3v) is 5.31. The summed E-state index contributed by atoms with van der Waals surface area (Å²) in [5.74, 6) is -0.0884. The molecule has 1 saturated heterocycles. The van der Waals surface area contributed by atoms with Crippen LogP contribution in [-0.2, 0) is 4.79 Å². The van der Waals surface area contributed by atoms with Gasteiger partial charge >= 0.3 is 0 Å². The third-order valence-electron chi connectivity index (χ3n) is 5.31. The van der Waals surface area contributed by atoms with Crippen LogP contribution >= 0.6 is 0 Å². The largest absolute Gasteiger partial charge is 0.388 e. The van der Waals surface area contributed by atoms with Gasteiger partial charge in [0.25, 0.3) is 0 Å². The van der Waals surface area contributed by atoms with Crippen LogP contribution in [0.15, 0.2) is 30.3 Å². The number of amides is 1. The van der Waals surface area contributed by atoms with Crippen LogP contribution in [0.2, 0.25) is 0 Å². The lowest BCUT2D eigenvalue weighted by Crippen LogP contribution is -2.52. The first kappa shape index (κ1) is 19.4. The number of likely N-dealkylation sites (tertiary alicyclic amines) is 1. The number of hydrogen-bond donors (Lipinski definition) is 2. The zero-order valence-electron chi connectivity index (χ0n) is 15.4. The van der Waals surface area contributed by atoms with E-state index >= 15 is 0 Å². The predicted octanol–water partition coefficient (Wildman–Crippen LogP) is 2.63. The SMILES string of the molecule is CC(C)C(C)(C#N)NC(=O)CN1CCCC1CC(O)c1ccccc1. The fourth-order valence-corrected chi connectivity index (χ4v) is 3.25. The second-order valence-corrected chi connectivity index (χ2v) is 7.45. The van der Waals surface area contributed by atoms with Crippen molar-refractivity contribution < 1.29 is 9.90 Å². The van der Waals surface area contributed by atoms with Crippen LogP contribution in [0.25, 0.3) is 0 Å². The Balaban J connectivity index is 1.93. The van der Waals surface area contributed by atoms with Crippen molar-refractivity contribution in [3.63, 3.8) is 0 Å². The Hall–Kier alpha value is -1.90. The Morgan fingerprint density at radius 1 is 1.44 bits per heavy atom. The number of aliphatic hydroxyl groups is 1. The standard InChI is InChI=1S/C20H29N3O2/c1-15(2)20(3,14-21)22-19(25)13-23-11-7-10-17(23)12-18(24)16-8-5-4-6-9-16/h4-6,8-9,15,17-18,24H,7,10-13H2,1-3H3,(H,22,25). The number of carbonyl (C=O) groups is 1. The van der Waals surface area contributed by atoms with Gasteiger partial charge in [-0.15, -0.1) is 0 Å². The van der Waals surface area contributed by atoms with Crippen molar-refractivity contribution in [2.75, 3.05) is 13.1 Å². The maximum absolute atomic E-state index is 12.4. The van der Waals surface area contributed by atoms with Crippen molar-refractivity contribution in [1.29, 1.82) is 5.26 Å². The summed E-state index contributed by atoms with van der Waals surface area (Å²) in [4.78, 5) is 14.5. The average molecular weight is 343 g/mol. The van der Waals surface area contributed by atoms with Crippen LogP contribution in [0.3, 0.4) is 0 Å². The van der Waals surface area contributed by atoms with Crippen molar-refractivity contribution >= 4 is 5.91 Å². The minimum atomic E-state index is -0.851. The van der Waals surface area contributed by atoms with E-state index in [0.717, 1.165) is 24.9 Å². The van der Waals surface area contributed by atoms with Crippen LogP contribution < -0.4 is 5.32 Å². The van der Waals surface area contributed by atoms with Gasteiger partial charge in [-0.1, -0.05) is 44.2 Å². The molecule has 136 valence electrons. The number of hydrogen-bond acceptors (Lipinski definition) is 4. The molecule has 2 N–H and O–H groups in total. The summed E-state index contributed by atoms with van der Waals surface area (Å²) in [6.07, 6.45) is 2.11. The lowest BCUT2D eigenvalue weighted by molar-refractivity contribution is -0.124. The summed E-state index contributed by atoms with van der Waals surface area (Å²) in [5.41, 5.74) is 0.0613. The Bertz CT molecular complexity index is 611. The minimum absolute atomic E-state index is 0.0377. The average Bonchev–Trinajstić information content (AvgIpc) is 3.01. The zero-order chi connectivity index (χ0) is 18.4.